The Labute approximate surface area is 134 Å². The Balaban J connectivity index is 1.47. The zero-order chi connectivity index (χ0) is 14.9. The second-order valence-corrected chi connectivity index (χ2v) is 6.09. The maximum Gasteiger partial charge on any atom is 0.225 e. The van der Waals surface area contributed by atoms with Crippen LogP contribution in [0.1, 0.15) is 24.6 Å². The van der Waals surface area contributed by atoms with Gasteiger partial charge in [-0.3, -0.25) is 0 Å². The fourth-order valence-electron chi connectivity index (χ4n) is 2.70. The Kier molecular flexibility index (Phi) is 3.54. The Morgan fingerprint density at radius 1 is 0.955 bits per heavy atom. The van der Waals surface area contributed by atoms with Gasteiger partial charge in [0.25, 0.3) is 0 Å². The first-order valence-corrected chi connectivity index (χ1v) is 7.99. The van der Waals surface area contributed by atoms with Crippen molar-refractivity contribution in [1.82, 2.24) is 19.9 Å². The van der Waals surface area contributed by atoms with Crippen molar-refractivity contribution in [1.29, 1.82) is 0 Å². The van der Waals surface area contributed by atoms with Gasteiger partial charge in [-0.05, 0) is 18.9 Å². The van der Waals surface area contributed by atoms with Crippen molar-refractivity contribution in [2.45, 2.75) is 18.8 Å². The van der Waals surface area contributed by atoms with Gasteiger partial charge in [-0.15, -0.1) is 0 Å². The van der Waals surface area contributed by atoms with Crippen molar-refractivity contribution in [3.8, 4) is 0 Å². The number of piperazine rings is 1. The number of halogens is 1. The standard InChI is InChI=1S/C15H17ClN6/c16-12-10-13(20-14(19-12)11-2-3-11)21-6-8-22(9-7-21)15-17-4-1-5-18-15/h1,4-5,10-11H,2-3,6-9H2. The van der Waals surface area contributed by atoms with Crippen LogP contribution in [0, 0.1) is 0 Å². The van der Waals surface area contributed by atoms with Gasteiger partial charge in [0.1, 0.15) is 16.8 Å². The molecule has 4 rings (SSSR count). The number of rotatable bonds is 3. The molecule has 1 aliphatic carbocycles. The molecule has 2 fully saturated rings. The van der Waals surface area contributed by atoms with E-state index in [9.17, 15) is 0 Å². The number of nitrogens with zero attached hydrogens (tertiary/aromatic N) is 6. The van der Waals surface area contributed by atoms with E-state index in [4.69, 9.17) is 16.6 Å². The van der Waals surface area contributed by atoms with Gasteiger partial charge in [0.2, 0.25) is 5.95 Å². The molecule has 0 N–H and O–H groups in total. The van der Waals surface area contributed by atoms with Crippen LogP contribution in [-0.2, 0) is 0 Å². The monoisotopic (exact) mass is 316 g/mol. The molecule has 114 valence electrons. The predicted molar refractivity (Wildman–Crippen MR) is 85.5 cm³/mol. The SMILES string of the molecule is Clc1cc(N2CCN(c3ncccn3)CC2)nc(C2CC2)n1. The first-order valence-electron chi connectivity index (χ1n) is 7.61. The molecule has 2 aromatic heterocycles. The van der Waals surface area contributed by atoms with Crippen LogP contribution in [0.3, 0.4) is 0 Å². The van der Waals surface area contributed by atoms with Crippen molar-refractivity contribution in [2.75, 3.05) is 36.0 Å². The molecular weight excluding hydrogens is 300 g/mol. The number of aromatic nitrogens is 4. The Hall–Kier alpha value is -1.95. The van der Waals surface area contributed by atoms with Gasteiger partial charge in [0.05, 0.1) is 0 Å². The summed E-state index contributed by atoms with van der Waals surface area (Å²) in [6, 6.07) is 3.70. The second kappa shape index (κ2) is 5.68. The van der Waals surface area contributed by atoms with Gasteiger partial charge in [0, 0.05) is 50.6 Å². The maximum atomic E-state index is 6.16. The summed E-state index contributed by atoms with van der Waals surface area (Å²) in [4.78, 5) is 22.1. The largest absolute Gasteiger partial charge is 0.353 e. The molecule has 2 aliphatic rings. The van der Waals surface area contributed by atoms with Crippen LogP contribution in [0.4, 0.5) is 11.8 Å². The van der Waals surface area contributed by atoms with Crippen LogP contribution in [0.15, 0.2) is 24.5 Å². The van der Waals surface area contributed by atoms with Gasteiger partial charge in [-0.25, -0.2) is 19.9 Å². The average molecular weight is 317 g/mol. The number of hydrogen-bond donors (Lipinski definition) is 0. The highest BCUT2D eigenvalue weighted by Crippen LogP contribution is 2.39. The van der Waals surface area contributed by atoms with E-state index >= 15 is 0 Å². The third kappa shape index (κ3) is 2.83. The third-order valence-electron chi connectivity index (χ3n) is 4.08. The highest BCUT2D eigenvalue weighted by atomic mass is 35.5. The van der Waals surface area contributed by atoms with Crippen LogP contribution in [0.5, 0.6) is 0 Å². The number of anilines is 2. The van der Waals surface area contributed by atoms with Crippen LogP contribution in [0.25, 0.3) is 0 Å². The van der Waals surface area contributed by atoms with E-state index in [2.05, 4.69) is 24.8 Å². The molecule has 2 aromatic rings. The Morgan fingerprint density at radius 2 is 1.64 bits per heavy atom. The van der Waals surface area contributed by atoms with Crippen LogP contribution < -0.4 is 9.80 Å². The predicted octanol–water partition coefficient (Wildman–Crippen LogP) is 2.12. The molecule has 0 radical (unpaired) electrons. The lowest BCUT2D eigenvalue weighted by molar-refractivity contribution is 0.632. The molecule has 0 spiro atoms. The summed E-state index contributed by atoms with van der Waals surface area (Å²) in [6.07, 6.45) is 5.92. The molecule has 0 unspecified atom stereocenters. The zero-order valence-electron chi connectivity index (χ0n) is 12.2. The highest BCUT2D eigenvalue weighted by molar-refractivity contribution is 6.29. The fraction of sp³-hybridized carbons (Fsp3) is 0.467. The molecule has 0 atom stereocenters. The molecule has 0 amide bonds. The minimum atomic E-state index is 0.511. The van der Waals surface area contributed by atoms with E-state index in [0.29, 0.717) is 11.1 Å². The molecule has 3 heterocycles. The van der Waals surface area contributed by atoms with Crippen LogP contribution in [0.2, 0.25) is 5.15 Å². The van der Waals surface area contributed by atoms with Crippen molar-refractivity contribution >= 4 is 23.4 Å². The maximum absolute atomic E-state index is 6.16. The van der Waals surface area contributed by atoms with Gasteiger partial charge in [-0.1, -0.05) is 11.6 Å². The van der Waals surface area contributed by atoms with E-state index < -0.39 is 0 Å². The van der Waals surface area contributed by atoms with E-state index in [1.165, 1.54) is 12.8 Å². The third-order valence-corrected chi connectivity index (χ3v) is 4.27. The Bertz CT molecular complexity index is 652. The topological polar surface area (TPSA) is 58.0 Å². The number of hydrogen-bond acceptors (Lipinski definition) is 6. The normalized spacial score (nSPS) is 18.6. The minimum absolute atomic E-state index is 0.511. The molecule has 22 heavy (non-hydrogen) atoms. The zero-order valence-corrected chi connectivity index (χ0v) is 12.9. The van der Waals surface area contributed by atoms with Crippen molar-refractivity contribution < 1.29 is 0 Å². The summed E-state index contributed by atoms with van der Waals surface area (Å²) in [7, 11) is 0. The van der Waals surface area contributed by atoms with Crippen molar-refractivity contribution in [3.05, 3.63) is 35.5 Å². The van der Waals surface area contributed by atoms with Crippen molar-refractivity contribution in [2.24, 2.45) is 0 Å². The molecule has 0 aromatic carbocycles. The van der Waals surface area contributed by atoms with Gasteiger partial charge in [-0.2, -0.15) is 0 Å². The summed E-state index contributed by atoms with van der Waals surface area (Å²) in [5.74, 6) is 3.14. The van der Waals surface area contributed by atoms with E-state index in [1.807, 2.05) is 12.1 Å². The molecule has 7 heteroatoms. The molecule has 6 nitrogen and oxygen atoms in total. The van der Waals surface area contributed by atoms with Gasteiger partial charge < -0.3 is 9.80 Å². The molecule has 1 aliphatic heterocycles. The van der Waals surface area contributed by atoms with E-state index in [1.54, 1.807) is 12.4 Å². The summed E-state index contributed by atoms with van der Waals surface area (Å²) in [5.41, 5.74) is 0. The van der Waals surface area contributed by atoms with Gasteiger partial charge >= 0.3 is 0 Å². The quantitative estimate of drug-likeness (QED) is 0.809. The highest BCUT2D eigenvalue weighted by Gasteiger charge is 2.28. The second-order valence-electron chi connectivity index (χ2n) is 5.70. The first-order chi connectivity index (χ1) is 10.8. The lowest BCUT2D eigenvalue weighted by Gasteiger charge is -2.35. The average Bonchev–Trinajstić information content (AvgIpc) is 3.40. The Morgan fingerprint density at radius 3 is 2.32 bits per heavy atom. The smallest absolute Gasteiger partial charge is 0.225 e. The first kappa shape index (κ1) is 13.7. The molecule has 0 bridgehead atoms. The fourth-order valence-corrected chi connectivity index (χ4v) is 2.88. The summed E-state index contributed by atoms with van der Waals surface area (Å²) in [5, 5.41) is 0.542. The summed E-state index contributed by atoms with van der Waals surface area (Å²) >= 11 is 6.16. The van der Waals surface area contributed by atoms with Gasteiger partial charge in [0.15, 0.2) is 0 Å². The molecule has 1 saturated carbocycles. The van der Waals surface area contributed by atoms with Crippen LogP contribution in [-0.4, -0.2) is 46.1 Å². The summed E-state index contributed by atoms with van der Waals surface area (Å²) in [6.45, 7) is 3.53. The lowest BCUT2D eigenvalue weighted by Crippen LogP contribution is -2.47. The van der Waals surface area contributed by atoms with E-state index in [-0.39, 0.29) is 0 Å². The lowest BCUT2D eigenvalue weighted by atomic mass is 10.3. The molecular formula is C15H17ClN6. The van der Waals surface area contributed by atoms with Crippen molar-refractivity contribution in [3.63, 3.8) is 0 Å². The molecule has 1 saturated heterocycles. The minimum Gasteiger partial charge on any atom is -0.353 e. The van der Waals surface area contributed by atoms with Crippen LogP contribution >= 0.6 is 11.6 Å². The summed E-state index contributed by atoms with van der Waals surface area (Å²) < 4.78 is 0. The van der Waals surface area contributed by atoms with E-state index in [0.717, 1.165) is 43.8 Å².